The van der Waals surface area contributed by atoms with Crippen molar-refractivity contribution < 1.29 is 9.18 Å². The van der Waals surface area contributed by atoms with Crippen molar-refractivity contribution in [1.82, 2.24) is 5.32 Å². The minimum Gasteiger partial charge on any atom is -0.366 e. The molecule has 0 radical (unpaired) electrons. The number of aryl methyl sites for hydroxylation is 1. The van der Waals surface area contributed by atoms with Gasteiger partial charge in [-0.25, -0.2) is 4.39 Å². The van der Waals surface area contributed by atoms with E-state index in [1.807, 2.05) is 18.2 Å². The summed E-state index contributed by atoms with van der Waals surface area (Å²) in [6.45, 7) is 0.655. The normalized spacial score (nSPS) is 16.7. The molecule has 3 nitrogen and oxygen atoms in total. The lowest BCUT2D eigenvalue weighted by Crippen LogP contribution is -2.19. The molecule has 1 amide bonds. The van der Waals surface area contributed by atoms with Crippen LogP contribution in [-0.4, -0.2) is 5.91 Å². The van der Waals surface area contributed by atoms with Crippen molar-refractivity contribution in [3.8, 4) is 0 Å². The summed E-state index contributed by atoms with van der Waals surface area (Å²) in [6, 6.07) is 12.5. The second kappa shape index (κ2) is 5.66. The summed E-state index contributed by atoms with van der Waals surface area (Å²) < 4.78 is 13.2. The van der Waals surface area contributed by atoms with Crippen LogP contribution in [0, 0.1) is 5.82 Å². The molecule has 1 aliphatic rings. The molecule has 0 spiro atoms. The molecule has 1 unspecified atom stereocenters. The van der Waals surface area contributed by atoms with Crippen LogP contribution in [0.1, 0.15) is 39.5 Å². The average Bonchev–Trinajstić information content (AvgIpc) is 2.87. The maximum absolute atomic E-state index is 13.2. The molecule has 0 fully saturated rings. The third kappa shape index (κ3) is 2.95. The third-order valence-corrected chi connectivity index (χ3v) is 3.95. The molecule has 4 heteroatoms. The Bertz CT molecular complexity index is 684. The number of benzene rings is 2. The number of rotatable bonds is 4. The topological polar surface area (TPSA) is 55.1 Å². The SMILES string of the molecule is NC(=O)c1cccc(CNC2CCc3cc(F)ccc32)c1. The van der Waals surface area contributed by atoms with Gasteiger partial charge in [0.25, 0.3) is 0 Å². The summed E-state index contributed by atoms with van der Waals surface area (Å²) in [5.74, 6) is -0.595. The van der Waals surface area contributed by atoms with Crippen LogP contribution in [0.4, 0.5) is 4.39 Å². The minimum absolute atomic E-state index is 0.177. The van der Waals surface area contributed by atoms with E-state index in [1.165, 1.54) is 11.6 Å². The van der Waals surface area contributed by atoms with Crippen LogP contribution >= 0.6 is 0 Å². The summed E-state index contributed by atoms with van der Waals surface area (Å²) in [5.41, 5.74) is 9.07. The van der Waals surface area contributed by atoms with E-state index < -0.39 is 5.91 Å². The Morgan fingerprint density at radius 2 is 2.14 bits per heavy atom. The number of fused-ring (bicyclic) bond motifs is 1. The van der Waals surface area contributed by atoms with Crippen LogP contribution in [0.5, 0.6) is 0 Å². The predicted octanol–water partition coefficient (Wildman–Crippen LogP) is 2.70. The van der Waals surface area contributed by atoms with E-state index in [2.05, 4.69) is 5.32 Å². The van der Waals surface area contributed by atoms with E-state index in [0.29, 0.717) is 12.1 Å². The van der Waals surface area contributed by atoms with Gasteiger partial charge in [-0.15, -0.1) is 0 Å². The molecule has 0 bridgehead atoms. The van der Waals surface area contributed by atoms with E-state index in [1.54, 1.807) is 18.2 Å². The first-order chi connectivity index (χ1) is 10.1. The molecular weight excluding hydrogens is 267 g/mol. The summed E-state index contributed by atoms with van der Waals surface area (Å²) in [7, 11) is 0. The summed E-state index contributed by atoms with van der Waals surface area (Å²) in [6.07, 6.45) is 1.86. The number of primary amides is 1. The van der Waals surface area contributed by atoms with Gasteiger partial charge in [-0.3, -0.25) is 4.79 Å². The Labute approximate surface area is 123 Å². The molecule has 3 N–H and O–H groups in total. The van der Waals surface area contributed by atoms with Gasteiger partial charge in [-0.2, -0.15) is 0 Å². The highest BCUT2D eigenvalue weighted by Crippen LogP contribution is 2.31. The molecule has 21 heavy (non-hydrogen) atoms. The summed E-state index contributed by atoms with van der Waals surface area (Å²) in [4.78, 5) is 11.2. The lowest BCUT2D eigenvalue weighted by molar-refractivity contribution is 0.1000. The Kier molecular flexibility index (Phi) is 3.71. The van der Waals surface area contributed by atoms with Gasteiger partial charge in [0.15, 0.2) is 0 Å². The maximum atomic E-state index is 13.2. The smallest absolute Gasteiger partial charge is 0.248 e. The van der Waals surface area contributed by atoms with Gasteiger partial charge in [0, 0.05) is 18.2 Å². The van der Waals surface area contributed by atoms with Crippen molar-refractivity contribution in [3.63, 3.8) is 0 Å². The van der Waals surface area contributed by atoms with Gasteiger partial charge in [0.05, 0.1) is 0 Å². The van der Waals surface area contributed by atoms with Crippen LogP contribution in [0.3, 0.4) is 0 Å². The minimum atomic E-state index is -0.418. The molecule has 0 aliphatic heterocycles. The van der Waals surface area contributed by atoms with E-state index in [0.717, 1.165) is 24.0 Å². The highest BCUT2D eigenvalue weighted by molar-refractivity contribution is 5.92. The highest BCUT2D eigenvalue weighted by atomic mass is 19.1. The number of carbonyl (C=O) groups excluding carboxylic acids is 1. The monoisotopic (exact) mass is 284 g/mol. The number of amides is 1. The Hall–Kier alpha value is -2.20. The second-order valence-electron chi connectivity index (χ2n) is 5.38. The van der Waals surface area contributed by atoms with Crippen molar-refractivity contribution >= 4 is 5.91 Å². The highest BCUT2D eigenvalue weighted by Gasteiger charge is 2.22. The number of nitrogens with one attached hydrogen (secondary N) is 1. The first-order valence-electron chi connectivity index (χ1n) is 7.04. The van der Waals surface area contributed by atoms with Gasteiger partial charge in [0.1, 0.15) is 5.82 Å². The molecule has 0 heterocycles. The number of nitrogens with two attached hydrogens (primary N) is 1. The molecule has 1 aliphatic carbocycles. The fourth-order valence-corrected chi connectivity index (χ4v) is 2.87. The van der Waals surface area contributed by atoms with E-state index in [4.69, 9.17) is 5.73 Å². The quantitative estimate of drug-likeness (QED) is 0.907. The van der Waals surface area contributed by atoms with Crippen LogP contribution in [-0.2, 0) is 13.0 Å². The summed E-state index contributed by atoms with van der Waals surface area (Å²) >= 11 is 0. The molecule has 0 saturated carbocycles. The Morgan fingerprint density at radius 1 is 1.29 bits per heavy atom. The van der Waals surface area contributed by atoms with Gasteiger partial charge < -0.3 is 11.1 Å². The number of halogens is 1. The molecular formula is C17H17FN2O. The van der Waals surface area contributed by atoms with Crippen LogP contribution in [0.15, 0.2) is 42.5 Å². The molecule has 108 valence electrons. The zero-order valence-electron chi connectivity index (χ0n) is 11.6. The number of hydrogen-bond acceptors (Lipinski definition) is 2. The van der Waals surface area contributed by atoms with E-state index in [9.17, 15) is 9.18 Å². The first-order valence-corrected chi connectivity index (χ1v) is 7.04. The average molecular weight is 284 g/mol. The van der Waals surface area contributed by atoms with Crippen molar-refractivity contribution in [2.45, 2.75) is 25.4 Å². The van der Waals surface area contributed by atoms with Crippen molar-refractivity contribution in [1.29, 1.82) is 0 Å². The molecule has 2 aromatic carbocycles. The first kappa shape index (κ1) is 13.8. The van der Waals surface area contributed by atoms with E-state index >= 15 is 0 Å². The van der Waals surface area contributed by atoms with Crippen molar-refractivity contribution in [3.05, 3.63) is 70.5 Å². The van der Waals surface area contributed by atoms with Gasteiger partial charge in [-0.05, 0) is 53.8 Å². The fourth-order valence-electron chi connectivity index (χ4n) is 2.87. The predicted molar refractivity (Wildman–Crippen MR) is 79.3 cm³/mol. The van der Waals surface area contributed by atoms with Crippen LogP contribution < -0.4 is 11.1 Å². The number of hydrogen-bond donors (Lipinski definition) is 2. The van der Waals surface area contributed by atoms with Gasteiger partial charge in [0.2, 0.25) is 5.91 Å². The standard InChI is InChI=1S/C17H17FN2O/c18-14-5-6-15-12(9-14)4-7-16(15)20-10-11-2-1-3-13(8-11)17(19)21/h1-3,5-6,8-9,16,20H,4,7,10H2,(H2,19,21). The Morgan fingerprint density at radius 3 is 2.95 bits per heavy atom. The molecule has 2 aromatic rings. The fraction of sp³-hybridized carbons (Fsp3) is 0.235. The van der Waals surface area contributed by atoms with Crippen molar-refractivity contribution in [2.24, 2.45) is 5.73 Å². The molecule has 3 rings (SSSR count). The van der Waals surface area contributed by atoms with Gasteiger partial charge in [-0.1, -0.05) is 18.2 Å². The maximum Gasteiger partial charge on any atom is 0.248 e. The van der Waals surface area contributed by atoms with Gasteiger partial charge >= 0.3 is 0 Å². The third-order valence-electron chi connectivity index (χ3n) is 3.95. The molecule has 1 atom stereocenters. The van der Waals surface area contributed by atoms with Crippen molar-refractivity contribution in [2.75, 3.05) is 0 Å². The van der Waals surface area contributed by atoms with Crippen LogP contribution in [0.2, 0.25) is 0 Å². The molecule has 0 aromatic heterocycles. The zero-order chi connectivity index (χ0) is 14.8. The lowest BCUT2D eigenvalue weighted by atomic mass is 10.1. The lowest BCUT2D eigenvalue weighted by Gasteiger charge is -2.14. The largest absolute Gasteiger partial charge is 0.366 e. The number of carbonyl (C=O) groups is 1. The second-order valence-corrected chi connectivity index (χ2v) is 5.38. The summed E-state index contributed by atoms with van der Waals surface area (Å²) in [5, 5.41) is 3.47. The van der Waals surface area contributed by atoms with E-state index in [-0.39, 0.29) is 11.9 Å². The Balaban J connectivity index is 1.70. The zero-order valence-corrected chi connectivity index (χ0v) is 11.6. The molecule has 0 saturated heterocycles. The van der Waals surface area contributed by atoms with Crippen LogP contribution in [0.25, 0.3) is 0 Å².